The summed E-state index contributed by atoms with van der Waals surface area (Å²) in [5.74, 6) is 0.550. The average Bonchev–Trinajstić information content (AvgIpc) is 2.92. The van der Waals surface area contributed by atoms with Crippen LogP contribution in [0.3, 0.4) is 0 Å². The van der Waals surface area contributed by atoms with Crippen LogP contribution in [0.4, 0.5) is 11.4 Å². The lowest BCUT2D eigenvalue weighted by atomic mass is 9.76. The third kappa shape index (κ3) is 4.56. The van der Waals surface area contributed by atoms with E-state index in [1.165, 1.54) is 59.1 Å². The highest BCUT2D eigenvalue weighted by Gasteiger charge is 2.34. The summed E-state index contributed by atoms with van der Waals surface area (Å²) in [5, 5.41) is 9.87. The van der Waals surface area contributed by atoms with Crippen molar-refractivity contribution in [1.29, 1.82) is 0 Å². The molecule has 4 aromatic rings. The van der Waals surface area contributed by atoms with E-state index in [9.17, 15) is 0 Å². The van der Waals surface area contributed by atoms with E-state index in [1.54, 1.807) is 0 Å². The number of pyridine rings is 1. The Labute approximate surface area is 213 Å². The Morgan fingerprint density at radius 2 is 1.58 bits per heavy atom. The number of nitrogens with one attached hydrogen (secondary N) is 2. The maximum absolute atomic E-state index is 5.20. The van der Waals surface area contributed by atoms with Gasteiger partial charge in [0.25, 0.3) is 0 Å². The SMILES string of the molecule is CN(CCN=C1c2ccccc2NC2CCCCC12)CCNc1c2ccccc2nc2ccccc12. The number of hydrogen-bond donors (Lipinski definition) is 2. The second kappa shape index (κ2) is 10.3. The molecule has 6 rings (SSSR count). The van der Waals surface area contributed by atoms with Gasteiger partial charge in [0.05, 0.1) is 23.3 Å². The molecule has 1 aliphatic carbocycles. The predicted molar refractivity (Wildman–Crippen MR) is 152 cm³/mol. The molecule has 36 heavy (non-hydrogen) atoms. The summed E-state index contributed by atoms with van der Waals surface area (Å²) in [5.41, 5.74) is 7.14. The van der Waals surface area contributed by atoms with Crippen LogP contribution in [-0.4, -0.2) is 54.9 Å². The Bertz CT molecular complexity index is 1340. The molecule has 0 bridgehead atoms. The maximum Gasteiger partial charge on any atom is 0.0730 e. The number of aliphatic imine (C=N–C) groups is 1. The normalized spacial score (nSPS) is 20.3. The average molecular weight is 478 g/mol. The Morgan fingerprint density at radius 1 is 0.889 bits per heavy atom. The number of likely N-dealkylation sites (N-methyl/N-ethyl adjacent to an activating group) is 1. The molecule has 2 atom stereocenters. The van der Waals surface area contributed by atoms with Crippen molar-refractivity contribution in [2.75, 3.05) is 43.9 Å². The molecule has 3 aromatic carbocycles. The molecule has 0 spiro atoms. The summed E-state index contributed by atoms with van der Waals surface area (Å²) < 4.78 is 0. The smallest absolute Gasteiger partial charge is 0.0730 e. The lowest BCUT2D eigenvalue weighted by molar-refractivity contribution is 0.356. The summed E-state index contributed by atoms with van der Waals surface area (Å²) in [7, 11) is 2.20. The molecule has 184 valence electrons. The van der Waals surface area contributed by atoms with Crippen molar-refractivity contribution in [3.05, 3.63) is 78.4 Å². The zero-order chi connectivity index (χ0) is 24.3. The summed E-state index contributed by atoms with van der Waals surface area (Å²) in [6, 6.07) is 26.0. The Kier molecular flexibility index (Phi) is 6.56. The van der Waals surface area contributed by atoms with Gasteiger partial charge in [0.15, 0.2) is 0 Å². The van der Waals surface area contributed by atoms with Crippen molar-refractivity contribution < 1.29 is 0 Å². The highest BCUT2D eigenvalue weighted by molar-refractivity contribution is 6.09. The third-order valence-corrected chi connectivity index (χ3v) is 7.81. The monoisotopic (exact) mass is 477 g/mol. The lowest BCUT2D eigenvalue weighted by Crippen LogP contribution is -2.42. The molecule has 0 saturated heterocycles. The first kappa shape index (κ1) is 23.0. The van der Waals surface area contributed by atoms with Crippen LogP contribution in [0.1, 0.15) is 31.2 Å². The van der Waals surface area contributed by atoms with E-state index in [4.69, 9.17) is 9.98 Å². The molecule has 1 aliphatic heterocycles. The van der Waals surface area contributed by atoms with Crippen LogP contribution in [0.2, 0.25) is 0 Å². The van der Waals surface area contributed by atoms with Gasteiger partial charge in [-0.25, -0.2) is 4.98 Å². The first-order valence-electron chi connectivity index (χ1n) is 13.4. The molecule has 2 heterocycles. The summed E-state index contributed by atoms with van der Waals surface area (Å²) in [6.45, 7) is 3.63. The standard InChI is InChI=1S/C31H35N5/c1-36(20-18-32-30-22-10-2-6-14-26(22)34-27-15-7-3-11-23(27)30)21-19-33-31-24-12-4-8-16-28(24)35-29-17-9-5-13-25(29)31/h2-4,6-8,10-12,14-16,25,29,35H,5,9,13,17-21H2,1H3,(H,32,34). The van der Waals surface area contributed by atoms with Gasteiger partial charge < -0.3 is 15.5 Å². The van der Waals surface area contributed by atoms with E-state index < -0.39 is 0 Å². The van der Waals surface area contributed by atoms with Crippen LogP contribution < -0.4 is 10.6 Å². The van der Waals surface area contributed by atoms with Gasteiger partial charge in [-0.1, -0.05) is 67.4 Å². The lowest BCUT2D eigenvalue weighted by Gasteiger charge is -2.39. The van der Waals surface area contributed by atoms with Crippen molar-refractivity contribution in [3.8, 4) is 0 Å². The van der Waals surface area contributed by atoms with Crippen LogP contribution in [0.5, 0.6) is 0 Å². The van der Waals surface area contributed by atoms with Crippen molar-refractivity contribution in [2.45, 2.75) is 31.7 Å². The Hall–Kier alpha value is -3.44. The highest BCUT2D eigenvalue weighted by Crippen LogP contribution is 2.37. The minimum absolute atomic E-state index is 0.541. The molecule has 0 amide bonds. The quantitative estimate of drug-likeness (QED) is 0.311. The van der Waals surface area contributed by atoms with Gasteiger partial charge in [0.2, 0.25) is 0 Å². The number of para-hydroxylation sites is 3. The van der Waals surface area contributed by atoms with Gasteiger partial charge in [-0.05, 0) is 38.1 Å². The number of benzene rings is 3. The second-order valence-electron chi connectivity index (χ2n) is 10.2. The number of fused-ring (bicyclic) bond motifs is 4. The molecule has 0 radical (unpaired) electrons. The number of hydrogen-bond acceptors (Lipinski definition) is 5. The molecule has 5 nitrogen and oxygen atoms in total. The van der Waals surface area contributed by atoms with Crippen molar-refractivity contribution in [1.82, 2.24) is 9.88 Å². The van der Waals surface area contributed by atoms with Crippen LogP contribution in [-0.2, 0) is 0 Å². The summed E-state index contributed by atoms with van der Waals surface area (Å²) >= 11 is 0. The molecular formula is C31H35N5. The van der Waals surface area contributed by atoms with E-state index in [1.807, 2.05) is 0 Å². The van der Waals surface area contributed by atoms with Crippen molar-refractivity contribution in [3.63, 3.8) is 0 Å². The molecule has 5 heteroatoms. The first-order chi connectivity index (χ1) is 17.8. The minimum Gasteiger partial charge on any atom is -0.383 e. The van der Waals surface area contributed by atoms with Gasteiger partial charge in [0, 0.05) is 59.3 Å². The van der Waals surface area contributed by atoms with Crippen LogP contribution in [0.25, 0.3) is 21.8 Å². The number of anilines is 2. The summed E-state index contributed by atoms with van der Waals surface area (Å²) in [6.07, 6.45) is 5.13. The minimum atomic E-state index is 0.541. The topological polar surface area (TPSA) is 52.5 Å². The van der Waals surface area contributed by atoms with Crippen LogP contribution in [0.15, 0.2) is 77.8 Å². The largest absolute Gasteiger partial charge is 0.383 e. The molecule has 2 aliphatic rings. The van der Waals surface area contributed by atoms with Crippen LogP contribution >= 0.6 is 0 Å². The van der Waals surface area contributed by atoms with Gasteiger partial charge >= 0.3 is 0 Å². The van der Waals surface area contributed by atoms with Crippen LogP contribution in [0, 0.1) is 5.92 Å². The third-order valence-electron chi connectivity index (χ3n) is 7.81. The Morgan fingerprint density at radius 3 is 2.39 bits per heavy atom. The fourth-order valence-electron chi connectivity index (χ4n) is 5.92. The fraction of sp³-hybridized carbons (Fsp3) is 0.355. The maximum atomic E-state index is 5.20. The molecule has 2 unspecified atom stereocenters. The molecular weight excluding hydrogens is 442 g/mol. The van der Waals surface area contributed by atoms with E-state index in [-0.39, 0.29) is 0 Å². The van der Waals surface area contributed by atoms with Gasteiger partial charge in [-0.15, -0.1) is 0 Å². The number of nitrogens with zero attached hydrogens (tertiary/aromatic N) is 3. The Balaban J connectivity index is 1.12. The molecule has 1 saturated carbocycles. The fourth-order valence-corrected chi connectivity index (χ4v) is 5.92. The number of aromatic nitrogens is 1. The molecule has 1 aromatic heterocycles. The van der Waals surface area contributed by atoms with E-state index >= 15 is 0 Å². The zero-order valence-corrected chi connectivity index (χ0v) is 21.1. The van der Waals surface area contributed by atoms with E-state index in [2.05, 4.69) is 95.4 Å². The molecule has 1 fully saturated rings. The first-order valence-corrected chi connectivity index (χ1v) is 13.4. The highest BCUT2D eigenvalue weighted by atomic mass is 15.1. The van der Waals surface area contributed by atoms with Crippen molar-refractivity contribution >= 4 is 38.9 Å². The van der Waals surface area contributed by atoms with Gasteiger partial charge in [0.1, 0.15) is 0 Å². The predicted octanol–water partition coefficient (Wildman–Crippen LogP) is 6.21. The van der Waals surface area contributed by atoms with Crippen molar-refractivity contribution in [2.24, 2.45) is 10.9 Å². The number of rotatable bonds is 7. The van der Waals surface area contributed by atoms with E-state index in [0.29, 0.717) is 12.0 Å². The van der Waals surface area contributed by atoms with E-state index in [0.717, 1.165) is 37.2 Å². The second-order valence-corrected chi connectivity index (χ2v) is 10.2. The summed E-state index contributed by atoms with van der Waals surface area (Å²) in [4.78, 5) is 12.4. The molecule has 2 N–H and O–H groups in total. The van der Waals surface area contributed by atoms with Gasteiger partial charge in [-0.3, -0.25) is 4.99 Å². The van der Waals surface area contributed by atoms with Gasteiger partial charge in [-0.2, -0.15) is 0 Å². The zero-order valence-electron chi connectivity index (χ0n) is 21.1.